The molecule has 3 nitrogen and oxygen atoms in total. The minimum atomic E-state index is -0.467. The molecule has 21 heavy (non-hydrogen) atoms. The zero-order valence-corrected chi connectivity index (χ0v) is 12.4. The molecule has 2 N–H and O–H groups in total. The second-order valence-electron chi connectivity index (χ2n) is 5.40. The van der Waals surface area contributed by atoms with E-state index in [4.69, 9.17) is 5.73 Å². The van der Waals surface area contributed by atoms with Gasteiger partial charge in [-0.05, 0) is 37.0 Å². The van der Waals surface area contributed by atoms with E-state index >= 15 is 0 Å². The molecular weight excluding hydrogens is 267 g/mol. The molecule has 1 unspecified atom stereocenters. The standard InChI is InChI=1S/C17H21FN2O/c1-2-4-13-8-10-20(12-13)17(21)15-7-6-14(5-3-9-19)16(18)11-15/h6-7,11,13H,2,4,8-10,12,19H2,1H3. The summed E-state index contributed by atoms with van der Waals surface area (Å²) >= 11 is 0. The molecule has 1 amide bonds. The third-order valence-electron chi connectivity index (χ3n) is 3.81. The Kier molecular flexibility index (Phi) is 5.35. The van der Waals surface area contributed by atoms with Crippen LogP contribution in [0.15, 0.2) is 18.2 Å². The highest BCUT2D eigenvalue weighted by Crippen LogP contribution is 2.23. The maximum absolute atomic E-state index is 13.9. The lowest BCUT2D eigenvalue weighted by molar-refractivity contribution is 0.0786. The van der Waals surface area contributed by atoms with Crippen molar-refractivity contribution in [3.8, 4) is 11.8 Å². The van der Waals surface area contributed by atoms with Gasteiger partial charge in [0.2, 0.25) is 0 Å². The van der Waals surface area contributed by atoms with Gasteiger partial charge in [0.05, 0.1) is 12.1 Å². The van der Waals surface area contributed by atoms with Crippen molar-refractivity contribution in [1.82, 2.24) is 4.90 Å². The van der Waals surface area contributed by atoms with Gasteiger partial charge in [-0.1, -0.05) is 25.2 Å². The van der Waals surface area contributed by atoms with Gasteiger partial charge in [-0.15, -0.1) is 0 Å². The Morgan fingerprint density at radius 1 is 1.52 bits per heavy atom. The lowest BCUT2D eigenvalue weighted by Gasteiger charge is -2.16. The van der Waals surface area contributed by atoms with E-state index in [9.17, 15) is 9.18 Å². The molecule has 1 saturated heterocycles. The zero-order valence-electron chi connectivity index (χ0n) is 12.4. The predicted molar refractivity (Wildman–Crippen MR) is 81.3 cm³/mol. The SMILES string of the molecule is CCCC1CCN(C(=O)c2ccc(C#CCN)c(F)c2)C1. The summed E-state index contributed by atoms with van der Waals surface area (Å²) in [4.78, 5) is 14.2. The molecule has 112 valence electrons. The Morgan fingerprint density at radius 2 is 2.33 bits per heavy atom. The number of nitrogens with two attached hydrogens (primary N) is 1. The maximum atomic E-state index is 13.9. The normalized spacial score (nSPS) is 17.5. The smallest absolute Gasteiger partial charge is 0.253 e. The second kappa shape index (κ2) is 7.24. The number of likely N-dealkylation sites (tertiary alicyclic amines) is 1. The summed E-state index contributed by atoms with van der Waals surface area (Å²) in [6.07, 6.45) is 3.32. The Morgan fingerprint density at radius 3 is 3.00 bits per heavy atom. The molecule has 1 aliphatic rings. The highest BCUT2D eigenvalue weighted by atomic mass is 19.1. The lowest BCUT2D eigenvalue weighted by Crippen LogP contribution is -2.28. The van der Waals surface area contributed by atoms with E-state index in [0.717, 1.165) is 32.4 Å². The predicted octanol–water partition coefficient (Wildman–Crippen LogP) is 2.40. The Bertz CT molecular complexity index is 574. The van der Waals surface area contributed by atoms with Gasteiger partial charge in [0.25, 0.3) is 5.91 Å². The van der Waals surface area contributed by atoms with E-state index in [2.05, 4.69) is 18.8 Å². The molecular formula is C17H21FN2O. The van der Waals surface area contributed by atoms with Gasteiger partial charge in [-0.2, -0.15) is 0 Å². The first-order chi connectivity index (χ1) is 10.2. The summed E-state index contributed by atoms with van der Waals surface area (Å²) in [5.74, 6) is 5.29. The van der Waals surface area contributed by atoms with E-state index in [0.29, 0.717) is 11.5 Å². The Balaban J connectivity index is 2.08. The van der Waals surface area contributed by atoms with Crippen LogP contribution in [0.25, 0.3) is 0 Å². The number of carbonyl (C=O) groups excluding carboxylic acids is 1. The average molecular weight is 288 g/mol. The molecule has 0 aliphatic carbocycles. The van der Waals surface area contributed by atoms with Crippen LogP contribution in [0.5, 0.6) is 0 Å². The van der Waals surface area contributed by atoms with E-state index in [1.807, 2.05) is 4.90 Å². The highest BCUT2D eigenvalue weighted by molar-refractivity contribution is 5.94. The van der Waals surface area contributed by atoms with Gasteiger partial charge in [-0.25, -0.2) is 4.39 Å². The third kappa shape index (κ3) is 3.83. The van der Waals surface area contributed by atoms with Crippen LogP contribution >= 0.6 is 0 Å². The maximum Gasteiger partial charge on any atom is 0.253 e. The second-order valence-corrected chi connectivity index (χ2v) is 5.40. The average Bonchev–Trinajstić information content (AvgIpc) is 2.94. The molecule has 1 atom stereocenters. The van der Waals surface area contributed by atoms with Crippen LogP contribution in [0, 0.1) is 23.6 Å². The molecule has 1 aromatic rings. The Hall–Kier alpha value is -1.86. The van der Waals surface area contributed by atoms with Crippen molar-refractivity contribution in [1.29, 1.82) is 0 Å². The van der Waals surface area contributed by atoms with Gasteiger partial charge in [0, 0.05) is 18.7 Å². The number of hydrogen-bond donors (Lipinski definition) is 1. The van der Waals surface area contributed by atoms with Crippen molar-refractivity contribution in [2.45, 2.75) is 26.2 Å². The molecule has 0 aromatic heterocycles. The van der Waals surface area contributed by atoms with E-state index in [-0.39, 0.29) is 18.0 Å². The lowest BCUT2D eigenvalue weighted by atomic mass is 10.0. The first-order valence-electron chi connectivity index (χ1n) is 7.43. The summed E-state index contributed by atoms with van der Waals surface area (Å²) in [5.41, 5.74) is 5.94. The topological polar surface area (TPSA) is 46.3 Å². The van der Waals surface area contributed by atoms with Gasteiger partial charge in [0.15, 0.2) is 0 Å². The molecule has 0 spiro atoms. The van der Waals surface area contributed by atoms with Gasteiger partial charge < -0.3 is 10.6 Å². The molecule has 4 heteroatoms. The van der Waals surface area contributed by atoms with Crippen LogP contribution in [-0.4, -0.2) is 30.4 Å². The molecule has 2 rings (SSSR count). The first-order valence-corrected chi connectivity index (χ1v) is 7.43. The van der Waals surface area contributed by atoms with Crippen LogP contribution in [-0.2, 0) is 0 Å². The molecule has 1 aromatic carbocycles. The van der Waals surface area contributed by atoms with Crippen molar-refractivity contribution in [2.75, 3.05) is 19.6 Å². The van der Waals surface area contributed by atoms with Crippen molar-refractivity contribution in [3.63, 3.8) is 0 Å². The fourth-order valence-corrected chi connectivity index (χ4v) is 2.74. The molecule has 0 saturated carbocycles. The summed E-state index contributed by atoms with van der Waals surface area (Å²) in [6, 6.07) is 4.46. The number of hydrogen-bond acceptors (Lipinski definition) is 2. The van der Waals surface area contributed by atoms with Gasteiger partial charge in [-0.3, -0.25) is 4.79 Å². The summed E-state index contributed by atoms with van der Waals surface area (Å²) in [5, 5.41) is 0. The molecule has 1 aliphatic heterocycles. The number of carbonyl (C=O) groups is 1. The van der Waals surface area contributed by atoms with E-state index in [1.54, 1.807) is 12.1 Å². The van der Waals surface area contributed by atoms with Crippen LogP contribution in [0.3, 0.4) is 0 Å². The first kappa shape index (κ1) is 15.5. The van der Waals surface area contributed by atoms with Crippen molar-refractivity contribution in [3.05, 3.63) is 35.1 Å². The summed E-state index contributed by atoms with van der Waals surface area (Å²) in [7, 11) is 0. The molecule has 1 fully saturated rings. The number of halogens is 1. The Labute approximate surface area is 125 Å². The largest absolute Gasteiger partial charge is 0.338 e. The highest BCUT2D eigenvalue weighted by Gasteiger charge is 2.26. The van der Waals surface area contributed by atoms with Crippen molar-refractivity contribution < 1.29 is 9.18 Å². The quantitative estimate of drug-likeness (QED) is 0.868. The molecule has 1 heterocycles. The number of rotatable bonds is 3. The number of nitrogens with zero attached hydrogens (tertiary/aromatic N) is 1. The van der Waals surface area contributed by atoms with Crippen molar-refractivity contribution >= 4 is 5.91 Å². The minimum Gasteiger partial charge on any atom is -0.338 e. The van der Waals surface area contributed by atoms with E-state index < -0.39 is 5.82 Å². The fraction of sp³-hybridized carbons (Fsp3) is 0.471. The fourth-order valence-electron chi connectivity index (χ4n) is 2.74. The molecule has 0 radical (unpaired) electrons. The van der Waals surface area contributed by atoms with Crippen LogP contribution < -0.4 is 5.73 Å². The third-order valence-corrected chi connectivity index (χ3v) is 3.81. The summed E-state index contributed by atoms with van der Waals surface area (Å²) in [6.45, 7) is 3.89. The van der Waals surface area contributed by atoms with Crippen molar-refractivity contribution in [2.24, 2.45) is 11.7 Å². The summed E-state index contributed by atoms with van der Waals surface area (Å²) < 4.78 is 13.9. The van der Waals surface area contributed by atoms with E-state index in [1.165, 1.54) is 6.07 Å². The van der Waals surface area contributed by atoms with Crippen LogP contribution in [0.4, 0.5) is 4.39 Å². The minimum absolute atomic E-state index is 0.0918. The number of benzene rings is 1. The van der Waals surface area contributed by atoms with Crippen LogP contribution in [0.2, 0.25) is 0 Å². The van der Waals surface area contributed by atoms with Gasteiger partial charge in [0.1, 0.15) is 5.82 Å². The monoisotopic (exact) mass is 288 g/mol. The number of amides is 1. The zero-order chi connectivity index (χ0) is 15.2. The van der Waals surface area contributed by atoms with Crippen LogP contribution in [0.1, 0.15) is 42.1 Å². The molecule has 0 bridgehead atoms. The van der Waals surface area contributed by atoms with Gasteiger partial charge >= 0.3 is 0 Å².